The lowest BCUT2D eigenvalue weighted by Gasteiger charge is -2.15. The highest BCUT2D eigenvalue weighted by molar-refractivity contribution is 8.03. The van der Waals surface area contributed by atoms with Gasteiger partial charge in [0, 0.05) is 12.4 Å². The van der Waals surface area contributed by atoms with Crippen molar-refractivity contribution in [3.63, 3.8) is 0 Å². The minimum atomic E-state index is -0.307. The van der Waals surface area contributed by atoms with Gasteiger partial charge >= 0.3 is 0 Å². The van der Waals surface area contributed by atoms with Gasteiger partial charge in [0.1, 0.15) is 11.5 Å². The molecule has 2 aromatic heterocycles. The summed E-state index contributed by atoms with van der Waals surface area (Å²) in [4.78, 5) is 32.0. The Morgan fingerprint density at radius 1 is 1.03 bits per heavy atom. The van der Waals surface area contributed by atoms with E-state index in [-0.39, 0.29) is 18.4 Å². The molecule has 0 atom stereocenters. The largest absolute Gasteiger partial charge is 0.497 e. The van der Waals surface area contributed by atoms with Crippen LogP contribution in [-0.2, 0) is 21.9 Å². The van der Waals surface area contributed by atoms with E-state index in [1.807, 2.05) is 6.07 Å². The number of nitrogens with zero attached hydrogens (tertiary/aromatic N) is 2. The summed E-state index contributed by atoms with van der Waals surface area (Å²) in [6, 6.07) is 14.4. The summed E-state index contributed by atoms with van der Waals surface area (Å²) in [6.07, 6.45) is 4.88. The number of furan rings is 1. The van der Waals surface area contributed by atoms with Crippen LogP contribution in [0.5, 0.6) is 5.75 Å². The maximum absolute atomic E-state index is 13.2. The zero-order valence-electron chi connectivity index (χ0n) is 15.7. The number of rotatable bonds is 7. The van der Waals surface area contributed by atoms with Crippen molar-refractivity contribution in [2.75, 3.05) is 7.11 Å². The summed E-state index contributed by atoms with van der Waals surface area (Å²) in [5, 5.41) is 0. The molecule has 0 saturated heterocycles. The molecule has 0 aliphatic carbocycles. The maximum Gasteiger partial charge on any atom is 0.268 e. The first-order valence-electron chi connectivity index (χ1n) is 8.96. The van der Waals surface area contributed by atoms with Crippen LogP contribution in [0.1, 0.15) is 16.9 Å². The standard InChI is InChI=1S/C22H18N2O4S/c1-27-17-6-4-16(5-7-17)19-20(29-14-18-3-2-12-28-18)22(26)24(21(19)25)13-15-8-10-23-11-9-15/h2-12H,13-14H2,1H3. The highest BCUT2D eigenvalue weighted by Gasteiger charge is 2.39. The average Bonchev–Trinajstić information content (AvgIpc) is 3.35. The SMILES string of the molecule is COc1ccc(C2=C(SCc3ccco3)C(=O)N(Cc3ccncc3)C2=O)cc1. The molecule has 0 N–H and O–H groups in total. The number of thioether (sulfide) groups is 1. The van der Waals surface area contributed by atoms with Crippen molar-refractivity contribution < 1.29 is 18.7 Å². The Kier molecular flexibility index (Phi) is 5.48. The van der Waals surface area contributed by atoms with E-state index in [1.54, 1.807) is 68.2 Å². The molecule has 3 heterocycles. The molecule has 1 aromatic carbocycles. The summed E-state index contributed by atoms with van der Waals surface area (Å²) in [7, 11) is 1.58. The first-order valence-corrected chi connectivity index (χ1v) is 9.95. The molecule has 3 aromatic rings. The molecule has 2 amide bonds. The Morgan fingerprint density at radius 3 is 2.45 bits per heavy atom. The predicted molar refractivity (Wildman–Crippen MR) is 110 cm³/mol. The predicted octanol–water partition coefficient (Wildman–Crippen LogP) is 3.90. The van der Waals surface area contributed by atoms with E-state index in [1.165, 1.54) is 16.7 Å². The summed E-state index contributed by atoms with van der Waals surface area (Å²) in [6.45, 7) is 0.199. The van der Waals surface area contributed by atoms with Gasteiger partial charge in [-0.3, -0.25) is 19.5 Å². The Labute approximate surface area is 172 Å². The number of pyridine rings is 1. The van der Waals surface area contributed by atoms with Crippen LogP contribution in [0.4, 0.5) is 0 Å². The molecule has 0 saturated carbocycles. The fourth-order valence-corrected chi connectivity index (χ4v) is 4.09. The lowest BCUT2D eigenvalue weighted by atomic mass is 10.1. The van der Waals surface area contributed by atoms with Crippen LogP contribution in [-0.4, -0.2) is 28.8 Å². The van der Waals surface area contributed by atoms with E-state index >= 15 is 0 Å². The van der Waals surface area contributed by atoms with Gasteiger partial charge in [-0.25, -0.2) is 0 Å². The number of aromatic nitrogens is 1. The average molecular weight is 406 g/mol. The molecular weight excluding hydrogens is 388 g/mol. The Hall–Kier alpha value is -3.32. The van der Waals surface area contributed by atoms with Gasteiger partial charge in [-0.2, -0.15) is 0 Å². The van der Waals surface area contributed by atoms with Gasteiger partial charge in [0.05, 0.1) is 36.1 Å². The molecular formula is C22H18N2O4S. The van der Waals surface area contributed by atoms with Crippen molar-refractivity contribution in [3.8, 4) is 5.75 Å². The highest BCUT2D eigenvalue weighted by Crippen LogP contribution is 2.38. The van der Waals surface area contributed by atoms with Gasteiger partial charge in [0.2, 0.25) is 0 Å². The third kappa shape index (κ3) is 3.95. The quantitative estimate of drug-likeness (QED) is 0.554. The van der Waals surface area contributed by atoms with Crippen LogP contribution >= 0.6 is 11.8 Å². The molecule has 7 heteroatoms. The molecule has 29 heavy (non-hydrogen) atoms. The molecule has 6 nitrogen and oxygen atoms in total. The van der Waals surface area contributed by atoms with Crippen molar-refractivity contribution in [2.45, 2.75) is 12.3 Å². The Morgan fingerprint density at radius 2 is 1.79 bits per heavy atom. The van der Waals surface area contributed by atoms with Crippen molar-refractivity contribution in [1.29, 1.82) is 0 Å². The summed E-state index contributed by atoms with van der Waals surface area (Å²) >= 11 is 1.31. The van der Waals surface area contributed by atoms with Crippen LogP contribution in [0.25, 0.3) is 5.57 Å². The lowest BCUT2D eigenvalue weighted by Crippen LogP contribution is -2.30. The summed E-state index contributed by atoms with van der Waals surface area (Å²) < 4.78 is 10.6. The fourth-order valence-electron chi connectivity index (χ4n) is 3.05. The second-order valence-corrected chi connectivity index (χ2v) is 7.34. The molecule has 0 spiro atoms. The zero-order chi connectivity index (χ0) is 20.2. The van der Waals surface area contributed by atoms with E-state index in [9.17, 15) is 9.59 Å². The molecule has 1 aliphatic rings. The molecule has 0 unspecified atom stereocenters. The molecule has 1 aliphatic heterocycles. The van der Waals surface area contributed by atoms with Crippen molar-refractivity contribution in [1.82, 2.24) is 9.88 Å². The van der Waals surface area contributed by atoms with Crippen molar-refractivity contribution in [3.05, 3.63) is 89.0 Å². The summed E-state index contributed by atoms with van der Waals surface area (Å²) in [5.74, 6) is 1.28. The smallest absolute Gasteiger partial charge is 0.268 e. The van der Waals surface area contributed by atoms with Gasteiger partial charge in [-0.05, 0) is 47.5 Å². The second-order valence-electron chi connectivity index (χ2n) is 6.35. The van der Waals surface area contributed by atoms with Crippen LogP contribution in [0, 0.1) is 0 Å². The number of hydrogen-bond acceptors (Lipinski definition) is 6. The number of benzene rings is 1. The number of carbonyl (C=O) groups is 2. The monoisotopic (exact) mass is 406 g/mol. The second kappa shape index (κ2) is 8.36. The summed E-state index contributed by atoms with van der Waals surface area (Å²) in [5.41, 5.74) is 1.93. The number of carbonyl (C=O) groups excluding carboxylic acids is 2. The topological polar surface area (TPSA) is 72.6 Å². The highest BCUT2D eigenvalue weighted by atomic mass is 32.2. The lowest BCUT2D eigenvalue weighted by molar-refractivity contribution is -0.137. The fraction of sp³-hybridized carbons (Fsp3) is 0.136. The van der Waals surface area contributed by atoms with E-state index in [0.717, 1.165) is 11.3 Å². The number of hydrogen-bond donors (Lipinski definition) is 0. The normalized spacial score (nSPS) is 14.0. The Balaban J connectivity index is 1.67. The maximum atomic E-state index is 13.2. The minimum absolute atomic E-state index is 0.199. The van der Waals surface area contributed by atoms with Crippen LogP contribution < -0.4 is 4.74 Å². The molecule has 0 radical (unpaired) electrons. The van der Waals surface area contributed by atoms with Crippen LogP contribution in [0.3, 0.4) is 0 Å². The van der Waals surface area contributed by atoms with E-state index in [2.05, 4.69) is 4.98 Å². The number of ether oxygens (including phenoxy) is 1. The Bertz CT molecular complexity index is 1040. The molecule has 0 bridgehead atoms. The third-order valence-corrected chi connectivity index (χ3v) is 5.63. The first kappa shape index (κ1) is 19.0. The first-order chi connectivity index (χ1) is 14.2. The molecule has 146 valence electrons. The minimum Gasteiger partial charge on any atom is -0.497 e. The van der Waals surface area contributed by atoms with Crippen LogP contribution in [0.15, 0.2) is 76.5 Å². The van der Waals surface area contributed by atoms with Gasteiger partial charge in [0.15, 0.2) is 0 Å². The number of methoxy groups -OCH3 is 1. The molecule has 4 rings (SSSR count). The van der Waals surface area contributed by atoms with Crippen molar-refractivity contribution in [2.24, 2.45) is 0 Å². The van der Waals surface area contributed by atoms with E-state index < -0.39 is 0 Å². The van der Waals surface area contributed by atoms with E-state index in [4.69, 9.17) is 9.15 Å². The third-order valence-electron chi connectivity index (χ3n) is 4.53. The van der Waals surface area contributed by atoms with Crippen LogP contribution in [0.2, 0.25) is 0 Å². The van der Waals surface area contributed by atoms with Gasteiger partial charge in [-0.15, -0.1) is 11.8 Å². The molecule has 0 fully saturated rings. The van der Waals surface area contributed by atoms with Gasteiger partial charge in [-0.1, -0.05) is 12.1 Å². The van der Waals surface area contributed by atoms with Gasteiger partial charge < -0.3 is 9.15 Å². The van der Waals surface area contributed by atoms with Gasteiger partial charge in [0.25, 0.3) is 11.8 Å². The number of imide groups is 1. The van der Waals surface area contributed by atoms with Crippen molar-refractivity contribution >= 4 is 29.1 Å². The number of amides is 2. The van der Waals surface area contributed by atoms with E-state index in [0.29, 0.717) is 27.5 Å². The zero-order valence-corrected chi connectivity index (χ0v) is 16.5.